The molecule has 11 aromatic rings. The van der Waals surface area contributed by atoms with Crippen LogP contribution in [0.2, 0.25) is 0 Å². The van der Waals surface area contributed by atoms with Gasteiger partial charge in [-0.05, 0) is 109 Å². The Morgan fingerprint density at radius 1 is 0.345 bits per heavy atom. The second kappa shape index (κ2) is 14.1. The van der Waals surface area contributed by atoms with Crippen molar-refractivity contribution < 1.29 is 55.1 Å². The predicted molar refractivity (Wildman–Crippen MR) is 245 cm³/mol. The SMILES string of the molecule is [2H]c1c([2H])c([2H])c(-c2c([2H])c([2H])c(-c3c([2H])c([2H])c([2H])c(N(c4c([2H])c([2H])c(-c5c([2H])c([2H])c([2H])c([2H])c5[2H])c([2H])c4[2H])c4c([2H])c([2H])c(-c5c([2H])c6c([2H])c([2H])c([2H])c([2H])c6c6c([2H])c([2H])c([2H])c([2H])c56)c5oc6c([2H])c([2H])c([2H])c([2H])c6c45)c3[2H])c([2H])c2[2H])c([2H])c1[2H]. The highest BCUT2D eigenvalue weighted by Crippen LogP contribution is 2.48. The van der Waals surface area contributed by atoms with Gasteiger partial charge in [-0.3, -0.25) is 0 Å². The second-order valence-electron chi connectivity index (χ2n) is 12.0. The minimum absolute atomic E-state index is 0.279. The molecule has 0 spiro atoms. The minimum atomic E-state index is -1.42. The zero-order valence-corrected chi connectivity index (χ0v) is 28.9. The molecule has 0 unspecified atom stereocenters. The fourth-order valence-corrected chi connectivity index (χ4v) is 6.22. The quantitative estimate of drug-likeness (QED) is 0.150. The van der Waals surface area contributed by atoms with Crippen LogP contribution in [0.3, 0.4) is 0 Å². The molecule has 0 bridgehead atoms. The first-order chi connectivity index (χ1) is 44.2. The fraction of sp³-hybridized carbons (Fsp3) is 0. The van der Waals surface area contributed by atoms with Gasteiger partial charge in [0.1, 0.15) is 11.2 Å². The van der Waals surface area contributed by atoms with Gasteiger partial charge in [0.05, 0.1) is 61.8 Å². The summed E-state index contributed by atoms with van der Waals surface area (Å²) in [6, 6.07) is -41.5. The number of furan rings is 1. The third-order valence-corrected chi connectivity index (χ3v) is 8.75. The highest BCUT2D eigenvalue weighted by Gasteiger charge is 2.23. The maximum Gasteiger partial charge on any atom is 0.145 e. The molecule has 0 aliphatic carbocycles. The molecule has 1 heterocycles. The van der Waals surface area contributed by atoms with Crippen molar-refractivity contribution in [1.29, 1.82) is 0 Å². The summed E-state index contributed by atoms with van der Waals surface area (Å²) in [5, 5.41) is -4.70. The smallest absolute Gasteiger partial charge is 0.145 e. The van der Waals surface area contributed by atoms with Crippen molar-refractivity contribution in [3.63, 3.8) is 0 Å². The molecule has 272 valence electrons. The van der Waals surface area contributed by atoms with Crippen LogP contribution in [0.5, 0.6) is 0 Å². The molecular weight excluding hydrogens is 703 g/mol. The van der Waals surface area contributed by atoms with Crippen LogP contribution in [0.25, 0.3) is 88.0 Å². The Hall–Kier alpha value is -7.68. The van der Waals surface area contributed by atoms with Crippen LogP contribution in [0.1, 0.15) is 50.7 Å². The lowest BCUT2D eigenvalue weighted by atomic mass is 9.92. The van der Waals surface area contributed by atoms with Crippen LogP contribution in [0, 0.1) is 0 Å². The second-order valence-corrected chi connectivity index (χ2v) is 12.0. The summed E-state index contributed by atoms with van der Waals surface area (Å²) in [5.41, 5.74) is -13.6. The van der Waals surface area contributed by atoms with E-state index in [1.165, 1.54) is 0 Å². The lowest BCUT2D eigenvalue weighted by Gasteiger charge is -2.27. The van der Waals surface area contributed by atoms with Gasteiger partial charge >= 0.3 is 0 Å². The molecule has 11 rings (SSSR count). The summed E-state index contributed by atoms with van der Waals surface area (Å²) in [6.45, 7) is 0. The number of hydrogen-bond acceptors (Lipinski definition) is 2. The monoisotopic (exact) mass is 777 g/mol. The van der Waals surface area contributed by atoms with Crippen molar-refractivity contribution >= 4 is 60.5 Å². The van der Waals surface area contributed by atoms with E-state index in [0.717, 1.165) is 0 Å². The zero-order valence-electron chi connectivity index (χ0n) is 65.9. The maximum atomic E-state index is 10.3. The lowest BCUT2D eigenvalue weighted by molar-refractivity contribution is 0.670. The van der Waals surface area contributed by atoms with Gasteiger partial charge in [-0.25, -0.2) is 0 Å². The first kappa shape index (κ1) is 12.9. The third-order valence-electron chi connectivity index (χ3n) is 8.75. The molecule has 0 amide bonds. The first-order valence-electron chi connectivity index (χ1n) is 35.3. The largest absolute Gasteiger partial charge is 0.455 e. The molecule has 0 saturated carbocycles. The van der Waals surface area contributed by atoms with E-state index < -0.39 is 329 Å². The maximum absolute atomic E-state index is 10.3. The molecule has 0 aliphatic heterocycles. The molecule has 1 aromatic heterocycles. The standard InChI is InChI=1S/C56H37NO/c1-3-14-38(15-4-1)40-26-28-42(29-27-40)43-19-13-20-46(36-43)57(45-32-30-41(31-33-45)39-16-5-2-6-17-39)53-35-34-50(56-55(53)51-24-11-12-25-54(51)58-56)52-37-44-18-7-8-21-47(44)48-22-9-10-23-49(48)52/h1-37H/i1D,2D,3D,4D,5D,6D,7D,8D,9D,10D,11D,12D,13D,14D,15D,16D,17D,18D,19D,20D,21D,22D,23D,24D,25D,26D,27D,28D,29D,30D,31D,32D,33D,34D,35D,36D,37D. The van der Waals surface area contributed by atoms with Crippen molar-refractivity contribution in [2.75, 3.05) is 4.90 Å². The summed E-state index contributed by atoms with van der Waals surface area (Å²) >= 11 is 0. The van der Waals surface area contributed by atoms with Gasteiger partial charge in [-0.15, -0.1) is 0 Å². The molecule has 0 aliphatic rings. The van der Waals surface area contributed by atoms with E-state index in [4.69, 9.17) is 29.1 Å². The lowest BCUT2D eigenvalue weighted by Crippen LogP contribution is -2.10. The number of rotatable bonds is 7. The molecule has 58 heavy (non-hydrogen) atoms. The Kier molecular flexibility index (Phi) is 3.15. The number of anilines is 3. The number of nitrogens with zero attached hydrogens (tertiary/aromatic N) is 1. The zero-order chi connectivity index (χ0) is 70.6. The van der Waals surface area contributed by atoms with E-state index in [0.29, 0.717) is 0 Å². The van der Waals surface area contributed by atoms with Gasteiger partial charge in [0, 0.05) is 22.3 Å². The summed E-state index contributed by atoms with van der Waals surface area (Å²) in [6.07, 6.45) is 0. The van der Waals surface area contributed by atoms with Crippen molar-refractivity contribution in [2.45, 2.75) is 0 Å². The molecule has 0 saturated heterocycles. The van der Waals surface area contributed by atoms with Crippen molar-refractivity contribution in [1.82, 2.24) is 0 Å². The predicted octanol–water partition coefficient (Wildman–Crippen LogP) is 16.0. The van der Waals surface area contributed by atoms with Crippen LogP contribution in [-0.4, -0.2) is 0 Å². The van der Waals surface area contributed by atoms with Crippen molar-refractivity contribution in [3.8, 4) is 44.5 Å². The van der Waals surface area contributed by atoms with Crippen LogP contribution in [-0.2, 0) is 0 Å². The van der Waals surface area contributed by atoms with Gasteiger partial charge in [0.15, 0.2) is 0 Å². The average molecular weight is 777 g/mol. The normalized spacial score (nSPS) is 20.4. The molecular formula is C56H37NO. The van der Waals surface area contributed by atoms with Gasteiger partial charge in [-0.2, -0.15) is 0 Å². The minimum Gasteiger partial charge on any atom is -0.455 e. The number of para-hydroxylation sites is 1. The van der Waals surface area contributed by atoms with Crippen LogP contribution in [0.15, 0.2) is 228 Å². The molecule has 0 fully saturated rings. The molecule has 0 N–H and O–H groups in total. The van der Waals surface area contributed by atoms with E-state index >= 15 is 0 Å². The average Bonchev–Trinajstić information content (AvgIpc) is 1.66. The third kappa shape index (κ3) is 5.82. The van der Waals surface area contributed by atoms with E-state index in [1.54, 1.807) is 0 Å². The molecule has 2 heteroatoms. The first-order valence-corrected chi connectivity index (χ1v) is 16.8. The number of hydrogen-bond donors (Lipinski definition) is 0. The fourth-order valence-electron chi connectivity index (χ4n) is 6.22. The van der Waals surface area contributed by atoms with Gasteiger partial charge < -0.3 is 9.32 Å². The topological polar surface area (TPSA) is 16.4 Å². The molecule has 0 radical (unpaired) electrons. The van der Waals surface area contributed by atoms with Gasteiger partial charge in [-0.1, -0.05) is 175 Å². The van der Waals surface area contributed by atoms with Gasteiger partial charge in [0.25, 0.3) is 0 Å². The highest BCUT2D eigenvalue weighted by molar-refractivity contribution is 6.21. The molecule has 10 aromatic carbocycles. The Morgan fingerprint density at radius 3 is 1.59 bits per heavy atom. The molecule has 0 atom stereocenters. The highest BCUT2D eigenvalue weighted by atomic mass is 16.3. The van der Waals surface area contributed by atoms with E-state index in [-0.39, 0.29) is 4.90 Å². The van der Waals surface area contributed by atoms with E-state index in [9.17, 15) is 26.0 Å². The Morgan fingerprint density at radius 2 is 0.879 bits per heavy atom. The van der Waals surface area contributed by atoms with Crippen LogP contribution in [0.4, 0.5) is 17.1 Å². The Balaban J connectivity index is 1.41. The van der Waals surface area contributed by atoms with Crippen LogP contribution < -0.4 is 4.90 Å². The van der Waals surface area contributed by atoms with E-state index in [1.807, 2.05) is 0 Å². The van der Waals surface area contributed by atoms with Crippen LogP contribution >= 0.6 is 0 Å². The van der Waals surface area contributed by atoms with E-state index in [2.05, 4.69) is 0 Å². The summed E-state index contributed by atoms with van der Waals surface area (Å²) in [7, 11) is 0. The summed E-state index contributed by atoms with van der Waals surface area (Å²) in [5.74, 6) is 0. The number of fused-ring (bicyclic) bond motifs is 6. The van der Waals surface area contributed by atoms with Crippen molar-refractivity contribution in [2.24, 2.45) is 0 Å². The summed E-state index contributed by atoms with van der Waals surface area (Å²) < 4.78 is 343. The molecule has 2 nitrogen and oxygen atoms in total. The Labute approximate surface area is 389 Å². The summed E-state index contributed by atoms with van der Waals surface area (Å²) in [4.78, 5) is 0.279. The van der Waals surface area contributed by atoms with Gasteiger partial charge in [0.2, 0.25) is 0 Å². The Bertz CT molecular complexity index is 5350. The number of benzene rings is 10. The van der Waals surface area contributed by atoms with Crippen molar-refractivity contribution in [3.05, 3.63) is 224 Å².